The van der Waals surface area contributed by atoms with Crippen molar-refractivity contribution in [3.63, 3.8) is 0 Å². The van der Waals surface area contributed by atoms with Crippen molar-refractivity contribution < 1.29 is 19.0 Å². The molecule has 1 aliphatic rings. The normalized spacial score (nSPS) is 22.9. The molecule has 1 aromatic carbocycles. The molecule has 0 unspecified atom stereocenters. The highest BCUT2D eigenvalue weighted by molar-refractivity contribution is 5.98. The van der Waals surface area contributed by atoms with Gasteiger partial charge in [-0.15, -0.1) is 0 Å². The fraction of sp³-hybridized carbons (Fsp3) is 0.526. The lowest BCUT2D eigenvalue weighted by Gasteiger charge is -2.33. The predicted octanol–water partition coefficient (Wildman–Crippen LogP) is 3.01. The molecule has 25 heavy (non-hydrogen) atoms. The van der Waals surface area contributed by atoms with Crippen molar-refractivity contribution in [3.05, 3.63) is 35.9 Å². The molecular weight excluding hydrogens is 320 g/mol. The quantitative estimate of drug-likeness (QED) is 0.769. The highest BCUT2D eigenvalue weighted by atomic mass is 16.5. The van der Waals surface area contributed by atoms with E-state index in [9.17, 15) is 4.79 Å². The Kier molecular flexibility index (Phi) is 6.17. The number of carbonyl (C=O) groups excluding carboxylic acids is 1. The van der Waals surface area contributed by atoms with Crippen LogP contribution in [-0.2, 0) is 25.6 Å². The number of rotatable bonds is 5. The third-order valence-corrected chi connectivity index (χ3v) is 4.09. The molecule has 0 saturated carbocycles. The number of hydrogen-bond acceptors (Lipinski definition) is 6. The summed E-state index contributed by atoms with van der Waals surface area (Å²) in [5.41, 5.74) is 0.00503. The van der Waals surface area contributed by atoms with Crippen LogP contribution >= 0.6 is 0 Å². The average Bonchev–Trinajstić information content (AvgIpc) is 2.60. The summed E-state index contributed by atoms with van der Waals surface area (Å²) in [5, 5.41) is 0. The number of methoxy groups -OCH3 is 2. The second kappa shape index (κ2) is 8.14. The number of hydrogen-bond donors (Lipinski definition) is 0. The molecule has 0 fully saturated rings. The van der Waals surface area contributed by atoms with E-state index in [1.54, 1.807) is 14.0 Å². The Labute approximate surface area is 148 Å². The average molecular weight is 346 g/mol. The lowest BCUT2D eigenvalue weighted by Crippen LogP contribution is -2.46. The Balaban J connectivity index is 2.11. The van der Waals surface area contributed by atoms with Gasteiger partial charge < -0.3 is 14.2 Å². The molecule has 1 aliphatic heterocycles. The number of nitrogens with zero attached hydrogens (tertiary/aromatic N) is 2. The van der Waals surface area contributed by atoms with Crippen LogP contribution in [-0.4, -0.2) is 43.6 Å². The number of benzene rings is 1. The van der Waals surface area contributed by atoms with Gasteiger partial charge in [0.15, 0.2) is 0 Å². The molecule has 1 aromatic rings. The van der Waals surface area contributed by atoms with E-state index in [1.165, 1.54) is 7.11 Å². The maximum absolute atomic E-state index is 12.3. The standard InChI is InChI=1S/C19H26N2O4/c1-13(2)16-17(23-4)21-19(3,18(20-16)24-5)11-15(22)25-12-14-9-7-6-8-10-14/h6-10,13,16H,11-12H2,1-5H3/t16-,19+/m1/s1. The predicted molar refractivity (Wildman–Crippen MR) is 96.8 cm³/mol. The van der Waals surface area contributed by atoms with Crippen LogP contribution in [0, 0.1) is 5.92 Å². The van der Waals surface area contributed by atoms with E-state index in [0.29, 0.717) is 11.8 Å². The van der Waals surface area contributed by atoms with Gasteiger partial charge in [-0.1, -0.05) is 44.2 Å². The second-order valence-electron chi connectivity index (χ2n) is 6.58. The van der Waals surface area contributed by atoms with E-state index in [-0.39, 0.29) is 31.0 Å². The van der Waals surface area contributed by atoms with Crippen LogP contribution in [0.25, 0.3) is 0 Å². The van der Waals surface area contributed by atoms with Crippen LogP contribution in [0.4, 0.5) is 0 Å². The van der Waals surface area contributed by atoms with Gasteiger partial charge in [-0.05, 0) is 18.4 Å². The molecule has 1 heterocycles. The summed E-state index contributed by atoms with van der Waals surface area (Å²) in [6.07, 6.45) is 0.0319. The zero-order valence-corrected chi connectivity index (χ0v) is 15.5. The first kappa shape index (κ1) is 19.0. The summed E-state index contributed by atoms with van der Waals surface area (Å²) in [5.74, 6) is 0.773. The van der Waals surface area contributed by atoms with Crippen molar-refractivity contribution in [1.29, 1.82) is 0 Å². The Hall–Kier alpha value is -2.37. The molecule has 0 bridgehead atoms. The van der Waals surface area contributed by atoms with Crippen molar-refractivity contribution in [2.75, 3.05) is 14.2 Å². The van der Waals surface area contributed by atoms with Crippen LogP contribution in [0.15, 0.2) is 40.3 Å². The molecule has 0 spiro atoms. The van der Waals surface area contributed by atoms with Gasteiger partial charge in [0.1, 0.15) is 18.2 Å². The van der Waals surface area contributed by atoms with Gasteiger partial charge in [-0.3, -0.25) is 4.79 Å². The minimum atomic E-state index is -0.931. The van der Waals surface area contributed by atoms with Crippen LogP contribution in [0.1, 0.15) is 32.8 Å². The molecule has 6 nitrogen and oxygen atoms in total. The maximum atomic E-state index is 12.3. The van der Waals surface area contributed by atoms with Gasteiger partial charge in [-0.2, -0.15) is 0 Å². The van der Waals surface area contributed by atoms with E-state index < -0.39 is 5.54 Å². The van der Waals surface area contributed by atoms with Gasteiger partial charge in [0.2, 0.25) is 11.8 Å². The zero-order chi connectivity index (χ0) is 18.4. The Morgan fingerprint density at radius 2 is 1.88 bits per heavy atom. The highest BCUT2D eigenvalue weighted by Crippen LogP contribution is 2.28. The third kappa shape index (κ3) is 4.59. The van der Waals surface area contributed by atoms with E-state index in [1.807, 2.05) is 44.2 Å². The topological polar surface area (TPSA) is 69.5 Å². The second-order valence-corrected chi connectivity index (χ2v) is 6.58. The fourth-order valence-corrected chi connectivity index (χ4v) is 2.74. The molecule has 0 aliphatic carbocycles. The molecule has 0 aromatic heterocycles. The minimum Gasteiger partial charge on any atom is -0.483 e. The monoisotopic (exact) mass is 346 g/mol. The first-order valence-electron chi connectivity index (χ1n) is 8.35. The van der Waals surface area contributed by atoms with Crippen molar-refractivity contribution >= 4 is 17.8 Å². The molecule has 136 valence electrons. The molecule has 0 amide bonds. The smallest absolute Gasteiger partial charge is 0.309 e. The van der Waals surface area contributed by atoms with E-state index >= 15 is 0 Å². The van der Waals surface area contributed by atoms with Crippen molar-refractivity contribution in [3.8, 4) is 0 Å². The van der Waals surface area contributed by atoms with Gasteiger partial charge in [0, 0.05) is 0 Å². The lowest BCUT2D eigenvalue weighted by atomic mass is 9.94. The van der Waals surface area contributed by atoms with E-state index in [4.69, 9.17) is 14.2 Å². The van der Waals surface area contributed by atoms with E-state index in [2.05, 4.69) is 9.98 Å². The van der Waals surface area contributed by atoms with Crippen molar-refractivity contribution in [2.45, 2.75) is 45.4 Å². The maximum Gasteiger partial charge on any atom is 0.309 e. The van der Waals surface area contributed by atoms with Gasteiger partial charge in [0.25, 0.3) is 0 Å². The summed E-state index contributed by atoms with van der Waals surface area (Å²) in [6.45, 7) is 6.10. The molecule has 0 N–H and O–H groups in total. The summed E-state index contributed by atoms with van der Waals surface area (Å²) < 4.78 is 16.2. The fourth-order valence-electron chi connectivity index (χ4n) is 2.74. The number of ether oxygens (including phenoxy) is 3. The number of aliphatic imine (C=N–C) groups is 2. The summed E-state index contributed by atoms with van der Waals surface area (Å²) in [4.78, 5) is 21.5. The molecule has 2 atom stereocenters. The van der Waals surface area contributed by atoms with Crippen LogP contribution in [0.2, 0.25) is 0 Å². The van der Waals surface area contributed by atoms with Gasteiger partial charge >= 0.3 is 5.97 Å². The summed E-state index contributed by atoms with van der Waals surface area (Å²) in [6, 6.07) is 9.33. The first-order valence-corrected chi connectivity index (χ1v) is 8.35. The SMILES string of the molecule is COC1=N[C@@](C)(CC(=O)OCc2ccccc2)C(OC)=N[C@@H]1C(C)C. The van der Waals surface area contributed by atoms with Crippen molar-refractivity contribution in [1.82, 2.24) is 0 Å². The molecule has 6 heteroatoms. The van der Waals surface area contributed by atoms with Gasteiger partial charge in [0.05, 0.1) is 20.6 Å². The number of carbonyl (C=O) groups is 1. The molecule has 2 rings (SSSR count). The molecule has 0 radical (unpaired) electrons. The minimum absolute atomic E-state index is 0.0319. The lowest BCUT2D eigenvalue weighted by molar-refractivity contribution is -0.145. The summed E-state index contributed by atoms with van der Waals surface area (Å²) in [7, 11) is 3.10. The Morgan fingerprint density at radius 3 is 2.44 bits per heavy atom. The molecular formula is C19H26N2O4. The molecule has 0 saturated heterocycles. The zero-order valence-electron chi connectivity index (χ0n) is 15.5. The highest BCUT2D eigenvalue weighted by Gasteiger charge is 2.41. The van der Waals surface area contributed by atoms with Gasteiger partial charge in [-0.25, -0.2) is 9.98 Å². The first-order chi connectivity index (χ1) is 11.9. The van der Waals surface area contributed by atoms with Crippen molar-refractivity contribution in [2.24, 2.45) is 15.9 Å². The Bertz CT molecular complexity index is 655. The van der Waals surface area contributed by atoms with Crippen LogP contribution in [0.5, 0.6) is 0 Å². The van der Waals surface area contributed by atoms with E-state index in [0.717, 1.165) is 5.56 Å². The summed E-state index contributed by atoms with van der Waals surface area (Å²) >= 11 is 0. The van der Waals surface area contributed by atoms with Crippen LogP contribution < -0.4 is 0 Å². The Morgan fingerprint density at radius 1 is 1.20 bits per heavy atom. The van der Waals surface area contributed by atoms with Crippen LogP contribution in [0.3, 0.4) is 0 Å². The number of esters is 1. The third-order valence-electron chi connectivity index (χ3n) is 4.09. The largest absolute Gasteiger partial charge is 0.483 e.